The molecule has 2 aromatic heterocycles. The highest BCUT2D eigenvalue weighted by Gasteiger charge is 2.15. The van der Waals surface area contributed by atoms with E-state index in [2.05, 4.69) is 15.0 Å². The van der Waals surface area contributed by atoms with Crippen LogP contribution in [0.25, 0.3) is 21.5 Å². The van der Waals surface area contributed by atoms with Crippen LogP contribution in [0, 0.1) is 0 Å². The first-order valence-corrected chi connectivity index (χ1v) is 6.00. The van der Waals surface area contributed by atoms with Crippen molar-refractivity contribution in [3.63, 3.8) is 0 Å². The van der Waals surface area contributed by atoms with Gasteiger partial charge in [-0.25, -0.2) is 19.7 Å². The summed E-state index contributed by atoms with van der Waals surface area (Å²) in [6, 6.07) is 3.31. The maximum Gasteiger partial charge on any atom is 0.336 e. The van der Waals surface area contributed by atoms with Crippen molar-refractivity contribution < 1.29 is 9.90 Å². The van der Waals surface area contributed by atoms with E-state index in [-0.39, 0.29) is 5.56 Å². The molecule has 3 rings (SSSR count). The van der Waals surface area contributed by atoms with Crippen molar-refractivity contribution in [2.75, 3.05) is 0 Å². The van der Waals surface area contributed by atoms with E-state index in [9.17, 15) is 9.90 Å². The van der Waals surface area contributed by atoms with Crippen molar-refractivity contribution in [3.05, 3.63) is 41.8 Å². The number of benzene rings is 1. The lowest BCUT2D eigenvalue weighted by Crippen LogP contribution is -2.00. The van der Waals surface area contributed by atoms with E-state index in [4.69, 9.17) is 0 Å². The van der Waals surface area contributed by atoms with Gasteiger partial charge >= 0.3 is 5.97 Å². The molecule has 88 valence electrons. The number of hydrogen-bond acceptors (Lipinski definition) is 5. The summed E-state index contributed by atoms with van der Waals surface area (Å²) >= 11 is 1.40. The first-order chi connectivity index (χ1) is 8.75. The average molecular weight is 257 g/mol. The Kier molecular flexibility index (Phi) is 2.49. The summed E-state index contributed by atoms with van der Waals surface area (Å²) in [5.74, 6) is -0.985. The summed E-state index contributed by atoms with van der Waals surface area (Å²) in [5.41, 5.74) is 1.42. The van der Waals surface area contributed by atoms with Crippen LogP contribution in [0.4, 0.5) is 0 Å². The van der Waals surface area contributed by atoms with E-state index in [1.165, 1.54) is 17.7 Å². The number of carboxylic acids is 1. The summed E-state index contributed by atoms with van der Waals surface area (Å²) < 4.78 is 0. The maximum absolute atomic E-state index is 11.3. The van der Waals surface area contributed by atoms with Gasteiger partial charge in [0.2, 0.25) is 0 Å². The molecule has 0 amide bonds. The van der Waals surface area contributed by atoms with Crippen LogP contribution in [0.1, 0.15) is 10.4 Å². The Hall–Kier alpha value is -2.34. The van der Waals surface area contributed by atoms with Gasteiger partial charge < -0.3 is 5.11 Å². The summed E-state index contributed by atoms with van der Waals surface area (Å²) in [4.78, 5) is 23.4. The van der Waals surface area contributed by atoms with E-state index in [1.54, 1.807) is 24.5 Å². The molecule has 1 N–H and O–H groups in total. The molecule has 0 radical (unpaired) electrons. The minimum absolute atomic E-state index is 0.205. The highest BCUT2D eigenvalue weighted by molar-refractivity contribution is 7.13. The number of carbonyl (C=O) groups is 1. The molecule has 0 unspecified atom stereocenters. The highest BCUT2D eigenvalue weighted by Crippen LogP contribution is 2.29. The molecule has 0 aliphatic carbocycles. The zero-order chi connectivity index (χ0) is 12.5. The Morgan fingerprint density at radius 1 is 1.28 bits per heavy atom. The lowest BCUT2D eigenvalue weighted by atomic mass is 10.1. The smallest absolute Gasteiger partial charge is 0.336 e. The molecule has 3 aromatic rings. The van der Waals surface area contributed by atoms with Gasteiger partial charge in [0, 0.05) is 28.7 Å². The monoisotopic (exact) mass is 257 g/mol. The molecule has 18 heavy (non-hydrogen) atoms. The van der Waals surface area contributed by atoms with Crippen molar-refractivity contribution in [3.8, 4) is 10.6 Å². The number of carboxylic acid groups (broad SMARTS) is 1. The van der Waals surface area contributed by atoms with Crippen LogP contribution in [0.5, 0.6) is 0 Å². The van der Waals surface area contributed by atoms with Gasteiger partial charge in [-0.2, -0.15) is 0 Å². The molecule has 1 aromatic carbocycles. The summed E-state index contributed by atoms with van der Waals surface area (Å²) in [5, 5.41) is 12.5. The van der Waals surface area contributed by atoms with Crippen LogP contribution in [0.15, 0.2) is 36.2 Å². The Labute approximate surface area is 106 Å². The first kappa shape index (κ1) is 10.8. The molecule has 0 aliphatic heterocycles. The van der Waals surface area contributed by atoms with E-state index in [0.29, 0.717) is 16.1 Å². The summed E-state index contributed by atoms with van der Waals surface area (Å²) in [7, 11) is 0. The molecular weight excluding hydrogens is 250 g/mol. The van der Waals surface area contributed by atoms with Crippen LogP contribution < -0.4 is 0 Å². The lowest BCUT2D eigenvalue weighted by molar-refractivity contribution is 0.0698. The van der Waals surface area contributed by atoms with Crippen molar-refractivity contribution in [1.82, 2.24) is 15.0 Å². The number of aromatic carboxylic acids is 1. The molecule has 0 fully saturated rings. The normalized spacial score (nSPS) is 10.7. The highest BCUT2D eigenvalue weighted by atomic mass is 32.1. The van der Waals surface area contributed by atoms with E-state index < -0.39 is 5.97 Å². The largest absolute Gasteiger partial charge is 0.478 e. The van der Waals surface area contributed by atoms with Crippen LogP contribution in [0.2, 0.25) is 0 Å². The van der Waals surface area contributed by atoms with Gasteiger partial charge in [0.25, 0.3) is 0 Å². The van der Waals surface area contributed by atoms with E-state index in [0.717, 1.165) is 5.39 Å². The fourth-order valence-corrected chi connectivity index (χ4v) is 2.41. The molecule has 2 heterocycles. The third-order valence-electron chi connectivity index (χ3n) is 2.54. The first-order valence-electron chi connectivity index (χ1n) is 5.12. The Balaban J connectivity index is 2.34. The predicted molar refractivity (Wildman–Crippen MR) is 67.6 cm³/mol. The van der Waals surface area contributed by atoms with Gasteiger partial charge in [-0.3, -0.25) is 0 Å². The number of hydrogen-bond donors (Lipinski definition) is 1. The molecule has 0 atom stereocenters. The van der Waals surface area contributed by atoms with Crippen LogP contribution in [-0.2, 0) is 0 Å². The molecule has 0 saturated heterocycles. The predicted octanol–water partition coefficient (Wildman–Crippen LogP) is 2.45. The van der Waals surface area contributed by atoms with Crippen molar-refractivity contribution in [2.24, 2.45) is 0 Å². The van der Waals surface area contributed by atoms with Gasteiger partial charge in [-0.1, -0.05) is 0 Å². The standard InChI is InChI=1S/C12H7N3O2S/c16-12(17)9-4-10-7(5-13-6-15-10)3-8(9)11-14-1-2-18-11/h1-6H,(H,16,17). The quantitative estimate of drug-likeness (QED) is 0.763. The zero-order valence-corrected chi connectivity index (χ0v) is 9.89. The second kappa shape index (κ2) is 4.15. The van der Waals surface area contributed by atoms with Crippen molar-refractivity contribution >= 4 is 28.2 Å². The summed E-state index contributed by atoms with van der Waals surface area (Å²) in [6.45, 7) is 0. The number of aromatic nitrogens is 3. The Morgan fingerprint density at radius 2 is 2.17 bits per heavy atom. The maximum atomic E-state index is 11.3. The van der Waals surface area contributed by atoms with Crippen LogP contribution in [-0.4, -0.2) is 26.0 Å². The van der Waals surface area contributed by atoms with Crippen molar-refractivity contribution in [1.29, 1.82) is 0 Å². The third-order valence-corrected chi connectivity index (χ3v) is 3.34. The number of thiazole rings is 1. The molecule has 5 nitrogen and oxygen atoms in total. The second-order valence-corrected chi connectivity index (χ2v) is 4.52. The molecule has 0 aliphatic rings. The van der Waals surface area contributed by atoms with Gasteiger partial charge in [-0.15, -0.1) is 11.3 Å². The number of nitrogens with zero attached hydrogens (tertiary/aromatic N) is 3. The SMILES string of the molecule is O=C(O)c1cc2ncncc2cc1-c1nccs1. The third kappa shape index (κ3) is 1.72. The fourth-order valence-electron chi connectivity index (χ4n) is 1.74. The molecule has 6 heteroatoms. The molecule has 0 bridgehead atoms. The molecule has 0 spiro atoms. The second-order valence-electron chi connectivity index (χ2n) is 3.62. The fraction of sp³-hybridized carbons (Fsp3) is 0. The molecular formula is C12H7N3O2S. The van der Waals surface area contributed by atoms with Gasteiger partial charge in [0.15, 0.2) is 0 Å². The van der Waals surface area contributed by atoms with Gasteiger partial charge in [0.1, 0.15) is 11.3 Å². The Bertz CT molecular complexity index is 725. The van der Waals surface area contributed by atoms with Crippen LogP contribution >= 0.6 is 11.3 Å². The summed E-state index contributed by atoms with van der Waals surface area (Å²) in [6.07, 6.45) is 4.71. The zero-order valence-electron chi connectivity index (χ0n) is 9.07. The lowest BCUT2D eigenvalue weighted by Gasteiger charge is -2.05. The van der Waals surface area contributed by atoms with Gasteiger partial charge in [-0.05, 0) is 12.1 Å². The minimum atomic E-state index is -0.985. The van der Waals surface area contributed by atoms with Crippen molar-refractivity contribution in [2.45, 2.75) is 0 Å². The minimum Gasteiger partial charge on any atom is -0.478 e. The van der Waals surface area contributed by atoms with Crippen LogP contribution in [0.3, 0.4) is 0 Å². The van der Waals surface area contributed by atoms with Gasteiger partial charge in [0.05, 0.1) is 11.1 Å². The number of fused-ring (bicyclic) bond motifs is 1. The van der Waals surface area contributed by atoms with E-state index in [1.807, 2.05) is 5.38 Å². The average Bonchev–Trinajstić information content (AvgIpc) is 2.91. The topological polar surface area (TPSA) is 76.0 Å². The number of rotatable bonds is 2. The Morgan fingerprint density at radius 3 is 2.89 bits per heavy atom. The van der Waals surface area contributed by atoms with E-state index >= 15 is 0 Å². The molecule has 0 saturated carbocycles.